The van der Waals surface area contributed by atoms with Gasteiger partial charge in [-0.05, 0) is 22.4 Å². The van der Waals surface area contributed by atoms with Crippen molar-refractivity contribution in [2.75, 3.05) is 39.6 Å². The molecule has 166 valence electrons. The lowest BCUT2D eigenvalue weighted by atomic mass is 10.0. The van der Waals surface area contributed by atoms with Crippen molar-refractivity contribution in [2.24, 2.45) is 5.73 Å². The molecule has 0 unspecified atom stereocenters. The molecule has 32 heavy (non-hydrogen) atoms. The van der Waals surface area contributed by atoms with Crippen molar-refractivity contribution in [1.29, 1.82) is 0 Å². The summed E-state index contributed by atoms with van der Waals surface area (Å²) in [6.07, 6.45) is 0. The third-order valence-corrected chi connectivity index (χ3v) is 5.13. The van der Waals surface area contributed by atoms with Crippen LogP contribution in [0.4, 0.5) is 0 Å². The van der Waals surface area contributed by atoms with Gasteiger partial charge in [0, 0.05) is 18.2 Å². The molecule has 0 spiro atoms. The molecular formula is C26H27NO5. The first-order chi connectivity index (χ1) is 15.8. The minimum Gasteiger partial charge on any atom is -0.456 e. The van der Waals surface area contributed by atoms with Gasteiger partial charge in [-0.3, -0.25) is 4.79 Å². The maximum Gasteiger partial charge on any atom is 0.193 e. The van der Waals surface area contributed by atoms with Crippen LogP contribution in [0.25, 0.3) is 33.1 Å². The van der Waals surface area contributed by atoms with Crippen molar-refractivity contribution >= 4 is 21.7 Å². The Labute approximate surface area is 186 Å². The van der Waals surface area contributed by atoms with E-state index in [4.69, 9.17) is 24.4 Å². The minimum atomic E-state index is -0.0427. The summed E-state index contributed by atoms with van der Waals surface area (Å²) < 4.78 is 22.4. The number of fused-ring (bicyclic) bond motifs is 3. The predicted octanol–water partition coefficient (Wildman–Crippen LogP) is 4.12. The van der Waals surface area contributed by atoms with Crippen molar-refractivity contribution in [3.63, 3.8) is 0 Å². The summed E-state index contributed by atoms with van der Waals surface area (Å²) in [7, 11) is 0. The number of ether oxygens (including phenoxy) is 3. The van der Waals surface area contributed by atoms with Crippen LogP contribution in [0, 0.1) is 0 Å². The van der Waals surface area contributed by atoms with E-state index >= 15 is 0 Å². The zero-order valence-corrected chi connectivity index (χ0v) is 17.9. The molecule has 2 N–H and O–H groups in total. The highest BCUT2D eigenvalue weighted by Gasteiger charge is 2.10. The van der Waals surface area contributed by atoms with Crippen molar-refractivity contribution in [2.45, 2.75) is 6.61 Å². The monoisotopic (exact) mass is 433 g/mol. The summed E-state index contributed by atoms with van der Waals surface area (Å²) in [5, 5.41) is 2.55. The van der Waals surface area contributed by atoms with Gasteiger partial charge in [0.25, 0.3) is 0 Å². The van der Waals surface area contributed by atoms with E-state index in [1.807, 2.05) is 60.7 Å². The van der Waals surface area contributed by atoms with Gasteiger partial charge >= 0.3 is 0 Å². The Morgan fingerprint density at radius 3 is 2.28 bits per heavy atom. The molecule has 0 aliphatic carbocycles. The fourth-order valence-corrected chi connectivity index (χ4v) is 3.55. The Morgan fingerprint density at radius 2 is 1.50 bits per heavy atom. The van der Waals surface area contributed by atoms with Gasteiger partial charge in [-0.25, -0.2) is 0 Å². The number of rotatable bonds is 11. The van der Waals surface area contributed by atoms with Crippen LogP contribution in [0.1, 0.15) is 5.56 Å². The van der Waals surface area contributed by atoms with Crippen LogP contribution in [0.2, 0.25) is 0 Å². The number of benzene rings is 3. The van der Waals surface area contributed by atoms with Crippen molar-refractivity contribution in [3.8, 4) is 11.3 Å². The van der Waals surface area contributed by atoms with Crippen molar-refractivity contribution in [3.05, 3.63) is 82.5 Å². The smallest absolute Gasteiger partial charge is 0.193 e. The third-order valence-electron chi connectivity index (χ3n) is 5.13. The molecule has 4 aromatic rings. The highest BCUT2D eigenvalue weighted by molar-refractivity contribution is 6.05. The average Bonchev–Trinajstić information content (AvgIpc) is 2.83. The molecule has 6 heteroatoms. The van der Waals surface area contributed by atoms with E-state index in [0.29, 0.717) is 62.9 Å². The zero-order chi connectivity index (χ0) is 22.2. The molecule has 0 aliphatic rings. The number of hydrogen-bond donors (Lipinski definition) is 1. The van der Waals surface area contributed by atoms with Crippen LogP contribution >= 0.6 is 0 Å². The molecule has 0 saturated carbocycles. The van der Waals surface area contributed by atoms with Gasteiger partial charge in [0.15, 0.2) is 5.43 Å². The maximum absolute atomic E-state index is 12.8. The van der Waals surface area contributed by atoms with E-state index in [0.717, 1.165) is 21.9 Å². The summed E-state index contributed by atoms with van der Waals surface area (Å²) in [6, 6.07) is 21.1. The van der Waals surface area contributed by atoms with E-state index in [2.05, 4.69) is 0 Å². The van der Waals surface area contributed by atoms with E-state index in [9.17, 15) is 4.79 Å². The molecule has 1 aromatic heterocycles. The quantitative estimate of drug-likeness (QED) is 0.283. The summed E-state index contributed by atoms with van der Waals surface area (Å²) in [5.74, 6) is 0.551. The SMILES string of the molecule is NCCOCCOCCOCc1ccc(-c2cc(=O)c3c(ccc4ccccc43)o2)cc1. The molecule has 0 aliphatic heterocycles. The molecule has 0 saturated heterocycles. The number of nitrogens with two attached hydrogens (primary N) is 1. The Kier molecular flexibility index (Phi) is 7.64. The average molecular weight is 434 g/mol. The van der Waals surface area contributed by atoms with Gasteiger partial charge in [0.2, 0.25) is 0 Å². The summed E-state index contributed by atoms with van der Waals surface area (Å²) in [5.41, 5.74) is 7.78. The van der Waals surface area contributed by atoms with Crippen molar-refractivity contribution in [1.82, 2.24) is 0 Å². The third kappa shape index (κ3) is 5.41. The minimum absolute atomic E-state index is 0.0427. The Morgan fingerprint density at radius 1 is 0.781 bits per heavy atom. The highest BCUT2D eigenvalue weighted by atomic mass is 16.5. The molecule has 0 atom stereocenters. The molecule has 1 heterocycles. The molecule has 0 bridgehead atoms. The number of hydrogen-bond acceptors (Lipinski definition) is 6. The topological polar surface area (TPSA) is 83.9 Å². The molecule has 4 rings (SSSR count). The van der Waals surface area contributed by atoms with Crippen LogP contribution < -0.4 is 11.2 Å². The molecule has 0 amide bonds. The molecule has 0 fully saturated rings. The maximum atomic E-state index is 12.8. The van der Waals surface area contributed by atoms with Crippen molar-refractivity contribution < 1.29 is 18.6 Å². The highest BCUT2D eigenvalue weighted by Crippen LogP contribution is 2.27. The van der Waals surface area contributed by atoms with Gasteiger partial charge < -0.3 is 24.4 Å². The first-order valence-electron chi connectivity index (χ1n) is 10.7. The zero-order valence-electron chi connectivity index (χ0n) is 17.9. The Bertz CT molecular complexity index is 1220. The lowest BCUT2D eigenvalue weighted by Crippen LogP contribution is -2.13. The second kappa shape index (κ2) is 11.0. The second-order valence-electron chi connectivity index (χ2n) is 7.40. The van der Waals surface area contributed by atoms with Gasteiger partial charge in [-0.15, -0.1) is 0 Å². The van der Waals surface area contributed by atoms with Crippen LogP contribution in [-0.4, -0.2) is 39.6 Å². The van der Waals surface area contributed by atoms with Crippen LogP contribution in [0.5, 0.6) is 0 Å². The lowest BCUT2D eigenvalue weighted by molar-refractivity contribution is 0.0119. The second-order valence-corrected chi connectivity index (χ2v) is 7.40. The summed E-state index contributed by atoms with van der Waals surface area (Å²) in [6.45, 7) is 3.65. The fraction of sp³-hybridized carbons (Fsp3) is 0.269. The van der Waals surface area contributed by atoms with Crippen LogP contribution in [0.15, 0.2) is 75.9 Å². The van der Waals surface area contributed by atoms with Gasteiger partial charge in [0.05, 0.1) is 45.0 Å². The lowest BCUT2D eigenvalue weighted by Gasteiger charge is -2.08. The normalized spacial score (nSPS) is 11.4. The molecule has 0 radical (unpaired) electrons. The molecular weight excluding hydrogens is 406 g/mol. The first-order valence-corrected chi connectivity index (χ1v) is 10.7. The van der Waals surface area contributed by atoms with Crippen LogP contribution in [-0.2, 0) is 20.8 Å². The van der Waals surface area contributed by atoms with Crippen LogP contribution in [0.3, 0.4) is 0 Å². The Balaban J connectivity index is 1.36. The van der Waals surface area contributed by atoms with E-state index in [1.165, 1.54) is 0 Å². The van der Waals surface area contributed by atoms with E-state index in [1.54, 1.807) is 6.07 Å². The van der Waals surface area contributed by atoms with Gasteiger partial charge in [0.1, 0.15) is 11.3 Å². The van der Waals surface area contributed by atoms with E-state index in [-0.39, 0.29) is 5.43 Å². The predicted molar refractivity (Wildman–Crippen MR) is 126 cm³/mol. The summed E-state index contributed by atoms with van der Waals surface area (Å²) in [4.78, 5) is 12.8. The van der Waals surface area contributed by atoms with E-state index < -0.39 is 0 Å². The van der Waals surface area contributed by atoms with Gasteiger partial charge in [-0.1, -0.05) is 54.6 Å². The standard InChI is InChI=1S/C26H27NO5/c27-11-12-29-13-14-30-15-16-31-18-19-5-7-21(8-6-19)25-17-23(28)26-22-4-2-1-3-20(22)9-10-24(26)32-25/h1-10,17H,11-16,18,27H2. The Hall–Kier alpha value is -3.03. The fourth-order valence-electron chi connectivity index (χ4n) is 3.55. The first kappa shape index (κ1) is 22.2. The largest absolute Gasteiger partial charge is 0.456 e. The molecule has 6 nitrogen and oxygen atoms in total. The summed E-state index contributed by atoms with van der Waals surface area (Å²) >= 11 is 0. The molecule has 3 aromatic carbocycles. The van der Waals surface area contributed by atoms with Gasteiger partial charge in [-0.2, -0.15) is 0 Å².